The number of pyridine rings is 1. The number of alkyl halides is 3. The van der Waals surface area contributed by atoms with Crippen LogP contribution in [0, 0.1) is 6.92 Å². The van der Waals surface area contributed by atoms with Gasteiger partial charge in [0.2, 0.25) is 0 Å². The average Bonchev–Trinajstić information content (AvgIpc) is 3.20. The van der Waals surface area contributed by atoms with Gasteiger partial charge in [-0.1, -0.05) is 24.3 Å². The smallest absolute Gasteiger partial charge is 0.371 e. The van der Waals surface area contributed by atoms with E-state index in [2.05, 4.69) is 53.2 Å². The summed E-state index contributed by atoms with van der Waals surface area (Å²) in [6.07, 6.45) is -2.06. The predicted molar refractivity (Wildman–Crippen MR) is 111 cm³/mol. The molecule has 1 fully saturated rings. The number of aromatic nitrogens is 3. The fraction of sp³-hybridized carbons (Fsp3) is 0.478. The Kier molecular flexibility index (Phi) is 4.38. The molecule has 1 aromatic carbocycles. The van der Waals surface area contributed by atoms with Crippen LogP contribution in [0.3, 0.4) is 0 Å². The minimum atomic E-state index is -4.32. The SMILES string of the molecule is Cc1c(N2CCC3(CC2)OC(C)(C)c2ccccc23)ccn2c(CC(F)(F)F)nnc12. The van der Waals surface area contributed by atoms with Crippen molar-refractivity contribution < 1.29 is 17.9 Å². The van der Waals surface area contributed by atoms with E-state index in [0.717, 1.165) is 37.2 Å². The maximum atomic E-state index is 12.8. The first kappa shape index (κ1) is 20.3. The van der Waals surface area contributed by atoms with Gasteiger partial charge in [-0.3, -0.25) is 4.40 Å². The van der Waals surface area contributed by atoms with Crippen LogP contribution in [0.4, 0.5) is 18.9 Å². The van der Waals surface area contributed by atoms with Gasteiger partial charge in [-0.2, -0.15) is 13.2 Å². The molecule has 0 amide bonds. The molecule has 4 heterocycles. The number of aryl methyl sites for hydroxylation is 1. The molecule has 0 N–H and O–H groups in total. The highest BCUT2D eigenvalue weighted by molar-refractivity contribution is 5.65. The Morgan fingerprint density at radius 2 is 1.71 bits per heavy atom. The number of ether oxygens (including phenoxy) is 1. The van der Waals surface area contributed by atoms with E-state index in [1.807, 2.05) is 13.0 Å². The number of hydrogen-bond donors (Lipinski definition) is 0. The number of anilines is 1. The third-order valence-electron chi connectivity index (χ3n) is 6.65. The van der Waals surface area contributed by atoms with E-state index in [1.54, 1.807) is 6.20 Å². The molecule has 0 atom stereocenters. The molecule has 3 aromatic rings. The lowest BCUT2D eigenvalue weighted by atomic mass is 9.82. The van der Waals surface area contributed by atoms with Crippen molar-refractivity contribution >= 4 is 11.3 Å². The van der Waals surface area contributed by atoms with Crippen molar-refractivity contribution in [1.82, 2.24) is 14.6 Å². The number of halogens is 3. The van der Waals surface area contributed by atoms with Gasteiger partial charge in [-0.15, -0.1) is 10.2 Å². The highest BCUT2D eigenvalue weighted by Gasteiger charge is 2.50. The minimum absolute atomic E-state index is 0.0899. The highest BCUT2D eigenvalue weighted by atomic mass is 19.4. The molecule has 1 saturated heterocycles. The number of benzene rings is 1. The summed E-state index contributed by atoms with van der Waals surface area (Å²) in [5.41, 5.74) is 4.22. The summed E-state index contributed by atoms with van der Waals surface area (Å²) in [7, 11) is 0. The molecule has 5 nitrogen and oxygen atoms in total. The van der Waals surface area contributed by atoms with Crippen LogP contribution in [0.25, 0.3) is 5.65 Å². The summed E-state index contributed by atoms with van der Waals surface area (Å²) in [5, 5.41) is 7.82. The number of nitrogens with zero attached hydrogens (tertiary/aromatic N) is 4. The van der Waals surface area contributed by atoms with Gasteiger partial charge in [-0.05, 0) is 50.8 Å². The highest BCUT2D eigenvalue weighted by Crippen LogP contribution is 2.52. The normalized spacial score (nSPS) is 19.9. The second kappa shape index (κ2) is 6.69. The monoisotopic (exact) mass is 430 g/mol. The van der Waals surface area contributed by atoms with E-state index in [4.69, 9.17) is 4.74 Å². The average molecular weight is 430 g/mol. The van der Waals surface area contributed by atoms with Gasteiger partial charge in [0.05, 0.1) is 11.2 Å². The van der Waals surface area contributed by atoms with E-state index >= 15 is 0 Å². The van der Waals surface area contributed by atoms with Crippen molar-refractivity contribution in [3.8, 4) is 0 Å². The Morgan fingerprint density at radius 1 is 1.03 bits per heavy atom. The van der Waals surface area contributed by atoms with E-state index < -0.39 is 12.6 Å². The van der Waals surface area contributed by atoms with Crippen molar-refractivity contribution in [3.05, 3.63) is 59.0 Å². The van der Waals surface area contributed by atoms with Crippen molar-refractivity contribution in [2.45, 2.75) is 57.4 Å². The standard InChI is InChI=1S/C23H25F3N4O/c1-15-18(8-11-30-19(14-23(24,25)26)27-28-20(15)30)29-12-9-22(10-13-29)17-7-5-4-6-16(17)21(2,3)31-22/h4-8,11H,9-10,12-14H2,1-3H3. The van der Waals surface area contributed by atoms with Crippen LogP contribution in [-0.2, 0) is 22.4 Å². The summed E-state index contributed by atoms with van der Waals surface area (Å²) in [6, 6.07) is 10.3. The molecule has 0 aliphatic carbocycles. The lowest BCUT2D eigenvalue weighted by Gasteiger charge is -2.42. The molecule has 2 aliphatic heterocycles. The Morgan fingerprint density at radius 3 is 2.39 bits per heavy atom. The van der Waals surface area contributed by atoms with E-state index in [9.17, 15) is 13.2 Å². The fourth-order valence-electron chi connectivity index (χ4n) is 5.25. The first-order chi connectivity index (χ1) is 14.6. The Labute approximate surface area is 178 Å². The van der Waals surface area contributed by atoms with Gasteiger partial charge in [-0.25, -0.2) is 0 Å². The van der Waals surface area contributed by atoms with Gasteiger partial charge < -0.3 is 9.64 Å². The molecule has 0 radical (unpaired) electrons. The molecule has 31 heavy (non-hydrogen) atoms. The third-order valence-corrected chi connectivity index (χ3v) is 6.65. The lowest BCUT2D eigenvalue weighted by Crippen LogP contribution is -2.44. The zero-order valence-corrected chi connectivity index (χ0v) is 17.8. The minimum Gasteiger partial charge on any atom is -0.371 e. The lowest BCUT2D eigenvalue weighted by molar-refractivity contribution is -0.136. The van der Waals surface area contributed by atoms with Crippen LogP contribution >= 0.6 is 0 Å². The summed E-state index contributed by atoms with van der Waals surface area (Å²) in [6.45, 7) is 7.73. The van der Waals surface area contributed by atoms with Crippen molar-refractivity contribution in [2.24, 2.45) is 0 Å². The summed E-state index contributed by atoms with van der Waals surface area (Å²) in [5.74, 6) is -0.0899. The topological polar surface area (TPSA) is 42.7 Å². The summed E-state index contributed by atoms with van der Waals surface area (Å²) >= 11 is 0. The Balaban J connectivity index is 1.41. The Bertz CT molecular complexity index is 1140. The molecule has 8 heteroatoms. The van der Waals surface area contributed by atoms with E-state index in [1.165, 1.54) is 15.5 Å². The first-order valence-corrected chi connectivity index (χ1v) is 10.5. The quantitative estimate of drug-likeness (QED) is 0.580. The van der Waals surface area contributed by atoms with Crippen molar-refractivity contribution in [1.29, 1.82) is 0 Å². The van der Waals surface area contributed by atoms with Gasteiger partial charge in [0.1, 0.15) is 12.2 Å². The zero-order chi connectivity index (χ0) is 22.0. The van der Waals surface area contributed by atoms with Crippen LogP contribution in [0.1, 0.15) is 49.2 Å². The van der Waals surface area contributed by atoms with Crippen LogP contribution < -0.4 is 4.90 Å². The van der Waals surface area contributed by atoms with Crippen molar-refractivity contribution in [2.75, 3.05) is 18.0 Å². The molecule has 0 saturated carbocycles. The zero-order valence-electron chi connectivity index (χ0n) is 17.8. The molecule has 0 bridgehead atoms. The van der Waals surface area contributed by atoms with Gasteiger partial charge in [0.25, 0.3) is 0 Å². The fourth-order valence-corrected chi connectivity index (χ4v) is 5.25. The molecule has 2 aromatic heterocycles. The van der Waals surface area contributed by atoms with Gasteiger partial charge >= 0.3 is 6.18 Å². The second-order valence-corrected chi connectivity index (χ2v) is 9.07. The second-order valence-electron chi connectivity index (χ2n) is 9.07. The summed E-state index contributed by atoms with van der Waals surface area (Å²) < 4.78 is 46.5. The summed E-state index contributed by atoms with van der Waals surface area (Å²) in [4.78, 5) is 2.27. The van der Waals surface area contributed by atoms with Crippen LogP contribution in [-0.4, -0.2) is 33.9 Å². The maximum absolute atomic E-state index is 12.8. The van der Waals surface area contributed by atoms with Crippen LogP contribution in [0.15, 0.2) is 36.5 Å². The van der Waals surface area contributed by atoms with Gasteiger partial charge in [0.15, 0.2) is 5.65 Å². The Hall–Kier alpha value is -2.61. The number of rotatable bonds is 2. The molecular formula is C23H25F3N4O. The van der Waals surface area contributed by atoms with Crippen LogP contribution in [0.2, 0.25) is 0 Å². The molecule has 5 rings (SSSR count). The molecule has 2 aliphatic rings. The molecule has 164 valence electrons. The maximum Gasteiger partial charge on any atom is 0.396 e. The predicted octanol–water partition coefficient (Wildman–Crippen LogP) is 4.90. The molecular weight excluding hydrogens is 405 g/mol. The largest absolute Gasteiger partial charge is 0.396 e. The first-order valence-electron chi connectivity index (χ1n) is 10.5. The van der Waals surface area contributed by atoms with E-state index in [-0.39, 0.29) is 17.0 Å². The van der Waals surface area contributed by atoms with Crippen LogP contribution in [0.5, 0.6) is 0 Å². The number of fused-ring (bicyclic) bond motifs is 3. The van der Waals surface area contributed by atoms with E-state index in [0.29, 0.717) is 5.65 Å². The van der Waals surface area contributed by atoms with Crippen molar-refractivity contribution in [3.63, 3.8) is 0 Å². The number of piperidine rings is 1. The number of hydrogen-bond acceptors (Lipinski definition) is 4. The third kappa shape index (κ3) is 3.28. The molecule has 1 spiro atoms. The molecule has 0 unspecified atom stereocenters. The van der Waals surface area contributed by atoms with Gasteiger partial charge in [0, 0.05) is 30.5 Å².